The predicted octanol–water partition coefficient (Wildman–Crippen LogP) is 11.1. The second kappa shape index (κ2) is 35.6. The highest BCUT2D eigenvalue weighted by Crippen LogP contribution is 2.14. The number of hydrogen-bond acceptors (Lipinski definition) is 6. The van der Waals surface area contributed by atoms with E-state index in [2.05, 4.69) is 50.3 Å². The number of ether oxygens (including phenoxy) is 3. The lowest BCUT2D eigenvalue weighted by molar-refractivity contribution is -0.887. The number of nitrogens with zero attached hydrogens (tertiary/aromatic N) is 1. The Bertz CT molecular complexity index is 953. The summed E-state index contributed by atoms with van der Waals surface area (Å²) >= 11 is 0. The summed E-state index contributed by atoms with van der Waals surface area (Å²) in [5, 5.41) is 9.58. The number of carboxylic acids is 1. The van der Waals surface area contributed by atoms with Gasteiger partial charge in [0, 0.05) is 19.3 Å². The van der Waals surface area contributed by atoms with Gasteiger partial charge in [-0.05, 0) is 44.9 Å². The van der Waals surface area contributed by atoms with E-state index in [4.69, 9.17) is 14.2 Å². The van der Waals surface area contributed by atoms with E-state index in [0.717, 1.165) is 57.8 Å². The Hall–Kier alpha value is -2.45. The first-order valence-electron chi connectivity index (χ1n) is 21.0. The summed E-state index contributed by atoms with van der Waals surface area (Å²) in [5.74, 6) is -1.48. The van der Waals surface area contributed by atoms with Gasteiger partial charge < -0.3 is 23.8 Å². The molecule has 0 aliphatic carbocycles. The van der Waals surface area contributed by atoms with Gasteiger partial charge >= 0.3 is 17.9 Å². The second-order valence-corrected chi connectivity index (χ2v) is 15.2. The largest absolute Gasteiger partial charge is 0.477 e. The highest BCUT2D eigenvalue weighted by atomic mass is 16.6. The molecule has 0 saturated carbocycles. The fraction of sp³-hybridized carbons (Fsp3) is 0.795. The van der Waals surface area contributed by atoms with Crippen LogP contribution in [0.4, 0.5) is 0 Å². The van der Waals surface area contributed by atoms with Crippen LogP contribution in [0.15, 0.2) is 36.5 Å². The Morgan fingerprint density at radius 2 is 1.08 bits per heavy atom. The van der Waals surface area contributed by atoms with Crippen LogP contribution in [0.3, 0.4) is 0 Å². The fourth-order valence-corrected chi connectivity index (χ4v) is 6.05. The third-order valence-electron chi connectivity index (χ3n) is 9.30. The van der Waals surface area contributed by atoms with Crippen molar-refractivity contribution in [3.8, 4) is 0 Å². The van der Waals surface area contributed by atoms with E-state index >= 15 is 0 Å². The third kappa shape index (κ3) is 33.4. The van der Waals surface area contributed by atoms with Crippen molar-refractivity contribution in [1.29, 1.82) is 0 Å². The molecular formula is C44H80NO7+. The van der Waals surface area contributed by atoms with Crippen molar-refractivity contribution in [2.24, 2.45) is 0 Å². The first-order valence-corrected chi connectivity index (χ1v) is 21.0. The first-order chi connectivity index (χ1) is 25.1. The maximum atomic E-state index is 12.6. The van der Waals surface area contributed by atoms with E-state index in [1.54, 1.807) is 0 Å². The fourth-order valence-electron chi connectivity index (χ4n) is 6.05. The topological polar surface area (TPSA) is 99.1 Å². The number of allylic oxidation sites excluding steroid dienone is 6. The van der Waals surface area contributed by atoms with Crippen molar-refractivity contribution in [1.82, 2.24) is 0 Å². The van der Waals surface area contributed by atoms with Gasteiger partial charge in [0.2, 0.25) is 0 Å². The number of likely N-dealkylation sites (N-methyl/N-ethyl adjacent to an activating group) is 1. The van der Waals surface area contributed by atoms with E-state index in [-0.39, 0.29) is 36.2 Å². The number of carbonyl (C=O) groups is 3. The molecule has 0 rings (SSSR count). The molecule has 1 N–H and O–H groups in total. The first kappa shape index (κ1) is 49.6. The molecule has 0 radical (unpaired) electrons. The summed E-state index contributed by atoms with van der Waals surface area (Å²) in [6.45, 7) is 4.58. The lowest BCUT2D eigenvalue weighted by Crippen LogP contribution is -2.50. The number of quaternary nitrogens is 1. The molecule has 2 unspecified atom stereocenters. The monoisotopic (exact) mass is 735 g/mol. The van der Waals surface area contributed by atoms with Crippen molar-refractivity contribution in [2.45, 2.75) is 187 Å². The van der Waals surface area contributed by atoms with Crippen molar-refractivity contribution in [3.63, 3.8) is 0 Å². The van der Waals surface area contributed by atoms with Gasteiger partial charge in [-0.3, -0.25) is 9.59 Å². The molecule has 0 aromatic heterocycles. The van der Waals surface area contributed by atoms with Crippen LogP contribution >= 0.6 is 0 Å². The molecule has 0 bridgehead atoms. The number of hydrogen-bond donors (Lipinski definition) is 1. The molecule has 0 fully saturated rings. The maximum absolute atomic E-state index is 12.6. The van der Waals surface area contributed by atoms with E-state index in [1.807, 2.05) is 21.1 Å². The summed E-state index contributed by atoms with van der Waals surface area (Å²) in [6.07, 6.45) is 39.2. The molecule has 302 valence electrons. The molecule has 2 atom stereocenters. The molecule has 0 aliphatic heterocycles. The summed E-state index contributed by atoms with van der Waals surface area (Å²) in [4.78, 5) is 36.7. The minimum atomic E-state index is -0.876. The zero-order valence-corrected chi connectivity index (χ0v) is 34.3. The predicted molar refractivity (Wildman–Crippen MR) is 215 cm³/mol. The molecule has 0 aliphatic rings. The quantitative estimate of drug-likeness (QED) is 0.0293. The van der Waals surface area contributed by atoms with Crippen LogP contribution < -0.4 is 0 Å². The summed E-state index contributed by atoms with van der Waals surface area (Å²) in [6, 6.07) is -0.611. The molecular weight excluding hydrogens is 654 g/mol. The van der Waals surface area contributed by atoms with Crippen LogP contribution in [0, 0.1) is 0 Å². The van der Waals surface area contributed by atoms with Crippen LogP contribution in [0.2, 0.25) is 0 Å². The Morgan fingerprint density at radius 3 is 1.60 bits per heavy atom. The van der Waals surface area contributed by atoms with Crippen LogP contribution in [0.1, 0.15) is 174 Å². The van der Waals surface area contributed by atoms with E-state index < -0.39 is 18.1 Å². The number of unbranched alkanes of at least 4 members (excludes halogenated alkanes) is 17. The van der Waals surface area contributed by atoms with Crippen LogP contribution in [-0.4, -0.2) is 80.6 Å². The van der Waals surface area contributed by atoms with Gasteiger partial charge in [-0.15, -0.1) is 0 Å². The molecule has 0 heterocycles. The van der Waals surface area contributed by atoms with Crippen molar-refractivity contribution in [2.75, 3.05) is 41.0 Å². The standard InChI is InChI=1S/C44H79NO7/c1-6-8-10-12-14-15-16-17-18-19-20-21-22-23-24-25-26-27-29-30-32-34-42(46)51-39-40(38-50-37-36-41(44(48)49)45(3,4)5)52-43(47)35-33-31-28-13-11-9-7-2/h8,10,14-15,17-18,40-41H,6-7,9,11-13,16,19-39H2,1-5H3/p+1/b10-8+,15-14+,18-17+. The van der Waals surface area contributed by atoms with Gasteiger partial charge in [-0.1, -0.05) is 147 Å². The number of esters is 2. The molecule has 0 spiro atoms. The van der Waals surface area contributed by atoms with Crippen LogP contribution in [0.25, 0.3) is 0 Å². The second-order valence-electron chi connectivity index (χ2n) is 15.2. The SMILES string of the molecule is CC/C=C/C/C=C/C/C=C/CCCCCCCCCCCCCC(=O)OCC(COCCC(C(=O)O)[N+](C)(C)C)OC(=O)CCCCCCCCC. The Kier molecular flexibility index (Phi) is 33.9. The van der Waals surface area contributed by atoms with Crippen molar-refractivity contribution < 1.29 is 38.2 Å². The van der Waals surface area contributed by atoms with Crippen molar-refractivity contribution >= 4 is 17.9 Å². The van der Waals surface area contributed by atoms with Crippen molar-refractivity contribution in [3.05, 3.63) is 36.5 Å². The molecule has 8 nitrogen and oxygen atoms in total. The average Bonchev–Trinajstić information content (AvgIpc) is 3.09. The van der Waals surface area contributed by atoms with Gasteiger partial charge in [0.1, 0.15) is 6.61 Å². The summed E-state index contributed by atoms with van der Waals surface area (Å²) < 4.78 is 17.2. The summed E-state index contributed by atoms with van der Waals surface area (Å²) in [5.41, 5.74) is 0. The minimum absolute atomic E-state index is 0.0506. The smallest absolute Gasteiger partial charge is 0.362 e. The molecule has 0 amide bonds. The Morgan fingerprint density at radius 1 is 0.596 bits per heavy atom. The van der Waals surface area contributed by atoms with Gasteiger partial charge in [0.25, 0.3) is 0 Å². The number of carboxylic acid groups (broad SMARTS) is 1. The van der Waals surface area contributed by atoms with E-state index in [9.17, 15) is 19.5 Å². The van der Waals surface area contributed by atoms with Gasteiger partial charge in [0.05, 0.1) is 34.4 Å². The average molecular weight is 735 g/mol. The lowest BCUT2D eigenvalue weighted by Gasteiger charge is -2.31. The number of carbonyl (C=O) groups excluding carboxylic acids is 2. The zero-order chi connectivity index (χ0) is 38.5. The Labute approximate surface area is 319 Å². The van der Waals surface area contributed by atoms with E-state index in [1.165, 1.54) is 83.5 Å². The minimum Gasteiger partial charge on any atom is -0.477 e. The van der Waals surface area contributed by atoms with Crippen LogP contribution in [0.5, 0.6) is 0 Å². The maximum Gasteiger partial charge on any atom is 0.362 e. The lowest BCUT2D eigenvalue weighted by atomic mass is 10.0. The summed E-state index contributed by atoms with van der Waals surface area (Å²) in [7, 11) is 5.51. The normalized spacial score (nSPS) is 13.3. The molecule has 8 heteroatoms. The van der Waals surface area contributed by atoms with Crippen LogP contribution in [-0.2, 0) is 28.6 Å². The van der Waals surface area contributed by atoms with Gasteiger partial charge in [0.15, 0.2) is 12.1 Å². The van der Waals surface area contributed by atoms with Gasteiger partial charge in [-0.25, -0.2) is 4.79 Å². The number of rotatable bonds is 37. The molecule has 0 saturated heterocycles. The van der Waals surface area contributed by atoms with E-state index in [0.29, 0.717) is 19.3 Å². The Balaban J connectivity index is 4.16. The third-order valence-corrected chi connectivity index (χ3v) is 9.30. The van der Waals surface area contributed by atoms with Gasteiger partial charge in [-0.2, -0.15) is 0 Å². The highest BCUT2D eigenvalue weighted by Gasteiger charge is 2.31. The molecule has 0 aromatic rings. The molecule has 0 aromatic carbocycles. The highest BCUT2D eigenvalue weighted by molar-refractivity contribution is 5.72. The number of aliphatic carboxylic acids is 1. The zero-order valence-electron chi connectivity index (χ0n) is 34.3. The molecule has 52 heavy (non-hydrogen) atoms.